The molecule has 0 amide bonds. The van der Waals surface area contributed by atoms with Crippen molar-refractivity contribution < 1.29 is 29.3 Å². The van der Waals surface area contributed by atoms with E-state index in [2.05, 4.69) is 0 Å². The number of carboxylic acid groups (broad SMARTS) is 2. The molecule has 0 spiro atoms. The first-order valence-corrected chi connectivity index (χ1v) is 9.05. The largest absolute Gasteiger partial charge is 0.478 e. The minimum Gasteiger partial charge on any atom is -0.478 e. The average Bonchev–Trinajstić information content (AvgIpc) is 2.75. The maximum absolute atomic E-state index is 11.7. The fraction of sp³-hybridized carbons (Fsp3) is 0. The van der Waals surface area contributed by atoms with Gasteiger partial charge in [-0.15, -0.1) is 0 Å². The van der Waals surface area contributed by atoms with Crippen LogP contribution in [0.2, 0.25) is 0 Å². The quantitative estimate of drug-likeness (QED) is 0.424. The van der Waals surface area contributed by atoms with Gasteiger partial charge in [0, 0.05) is 10.8 Å². The molecule has 4 aromatic rings. The lowest BCUT2D eigenvalue weighted by Gasteiger charge is -2.15. The summed E-state index contributed by atoms with van der Waals surface area (Å²) >= 11 is 0. The molecule has 0 unspecified atom stereocenters. The van der Waals surface area contributed by atoms with Crippen molar-refractivity contribution in [3.05, 3.63) is 96.1 Å². The van der Waals surface area contributed by atoms with Crippen LogP contribution in [0.15, 0.2) is 84.9 Å². The lowest BCUT2D eigenvalue weighted by Crippen LogP contribution is -2.01. The Kier molecular flexibility index (Phi) is 5.05. The monoisotopic (exact) mass is 400 g/mol. The van der Waals surface area contributed by atoms with E-state index in [-0.39, 0.29) is 22.6 Å². The zero-order valence-electron chi connectivity index (χ0n) is 15.6. The van der Waals surface area contributed by atoms with Crippen LogP contribution in [0, 0.1) is 0 Å². The maximum Gasteiger partial charge on any atom is 0.335 e. The summed E-state index contributed by atoms with van der Waals surface area (Å²) in [4.78, 5) is 23.4. The molecule has 0 fully saturated rings. The third-order valence-corrected chi connectivity index (χ3v) is 4.43. The molecule has 0 saturated heterocycles. The van der Waals surface area contributed by atoms with Gasteiger partial charge in [0.2, 0.25) is 0 Å². The van der Waals surface area contributed by atoms with Gasteiger partial charge in [-0.2, -0.15) is 0 Å². The highest BCUT2D eigenvalue weighted by Gasteiger charge is 2.18. The van der Waals surface area contributed by atoms with Gasteiger partial charge in [0.15, 0.2) is 0 Å². The summed E-state index contributed by atoms with van der Waals surface area (Å²) < 4.78 is 11.8. The minimum absolute atomic E-state index is 0.00517. The van der Waals surface area contributed by atoms with Crippen LogP contribution in [0.1, 0.15) is 20.7 Å². The van der Waals surface area contributed by atoms with Gasteiger partial charge in [-0.1, -0.05) is 36.4 Å². The van der Waals surface area contributed by atoms with Gasteiger partial charge in [0.1, 0.15) is 23.0 Å². The minimum atomic E-state index is -1.14. The topological polar surface area (TPSA) is 93.1 Å². The average molecular weight is 400 g/mol. The predicted molar refractivity (Wildman–Crippen MR) is 111 cm³/mol. The molecule has 0 heterocycles. The van der Waals surface area contributed by atoms with Crippen LogP contribution in [0.5, 0.6) is 23.0 Å². The van der Waals surface area contributed by atoms with Gasteiger partial charge in [-0.25, -0.2) is 9.59 Å². The Hall–Kier alpha value is -4.32. The molecular formula is C24H16O6. The van der Waals surface area contributed by atoms with Gasteiger partial charge < -0.3 is 19.7 Å². The van der Waals surface area contributed by atoms with Crippen molar-refractivity contribution in [1.82, 2.24) is 0 Å². The molecular weight excluding hydrogens is 384 g/mol. The van der Waals surface area contributed by atoms with Crippen LogP contribution in [-0.4, -0.2) is 22.2 Å². The zero-order valence-corrected chi connectivity index (χ0v) is 15.6. The molecule has 0 bridgehead atoms. The molecule has 2 N–H and O–H groups in total. The highest BCUT2D eigenvalue weighted by atomic mass is 16.5. The van der Waals surface area contributed by atoms with Crippen molar-refractivity contribution in [2.45, 2.75) is 0 Å². The van der Waals surface area contributed by atoms with E-state index in [1.165, 1.54) is 24.3 Å². The summed E-state index contributed by atoms with van der Waals surface area (Å²) in [6.45, 7) is 0. The summed E-state index contributed by atoms with van der Waals surface area (Å²) in [5.41, 5.74) is -0.0103. The van der Waals surface area contributed by atoms with Crippen molar-refractivity contribution in [3.8, 4) is 23.0 Å². The molecule has 0 aromatic heterocycles. The molecule has 0 radical (unpaired) electrons. The third-order valence-electron chi connectivity index (χ3n) is 4.43. The molecule has 4 rings (SSSR count). The fourth-order valence-electron chi connectivity index (χ4n) is 3.04. The van der Waals surface area contributed by atoms with E-state index < -0.39 is 11.9 Å². The second-order valence-electron chi connectivity index (χ2n) is 6.48. The zero-order chi connectivity index (χ0) is 21.1. The number of rotatable bonds is 6. The normalized spacial score (nSPS) is 10.5. The van der Waals surface area contributed by atoms with E-state index in [0.717, 1.165) is 0 Å². The van der Waals surface area contributed by atoms with Gasteiger partial charge in [0.25, 0.3) is 0 Å². The lowest BCUT2D eigenvalue weighted by molar-refractivity contribution is 0.0685. The van der Waals surface area contributed by atoms with Crippen molar-refractivity contribution in [1.29, 1.82) is 0 Å². The number of aromatic carboxylic acids is 2. The summed E-state index contributed by atoms with van der Waals surface area (Å²) in [7, 11) is 0. The Morgan fingerprint density at radius 3 is 1.27 bits per heavy atom. The lowest BCUT2D eigenvalue weighted by atomic mass is 10.0. The van der Waals surface area contributed by atoms with Crippen LogP contribution < -0.4 is 9.47 Å². The Bertz CT molecular complexity index is 1130. The number of fused-ring (bicyclic) bond motifs is 1. The number of benzene rings is 4. The molecule has 4 aromatic carbocycles. The number of hydrogen-bond donors (Lipinski definition) is 2. The third kappa shape index (κ3) is 3.93. The predicted octanol–water partition coefficient (Wildman–Crippen LogP) is 5.82. The van der Waals surface area contributed by atoms with E-state index >= 15 is 0 Å². The first kappa shape index (κ1) is 19.0. The van der Waals surface area contributed by atoms with Gasteiger partial charge >= 0.3 is 11.9 Å². The number of carbonyl (C=O) groups is 2. The van der Waals surface area contributed by atoms with Gasteiger partial charge in [-0.3, -0.25) is 0 Å². The maximum atomic E-state index is 11.7. The van der Waals surface area contributed by atoms with Crippen LogP contribution >= 0.6 is 0 Å². The Labute approximate surface area is 171 Å². The van der Waals surface area contributed by atoms with Crippen molar-refractivity contribution >= 4 is 22.7 Å². The molecule has 148 valence electrons. The Morgan fingerprint density at radius 1 is 0.567 bits per heavy atom. The van der Waals surface area contributed by atoms with Crippen LogP contribution in [0.4, 0.5) is 0 Å². The molecule has 0 aliphatic carbocycles. The van der Waals surface area contributed by atoms with E-state index in [1.807, 2.05) is 12.1 Å². The highest BCUT2D eigenvalue weighted by molar-refractivity contribution is 6.04. The van der Waals surface area contributed by atoms with Crippen molar-refractivity contribution in [3.63, 3.8) is 0 Å². The van der Waals surface area contributed by atoms with Crippen LogP contribution in [-0.2, 0) is 0 Å². The molecule has 0 saturated carbocycles. The summed E-state index contributed by atoms with van der Waals surface area (Å²) in [6.07, 6.45) is 0. The van der Waals surface area contributed by atoms with E-state index in [4.69, 9.17) is 9.47 Å². The molecule has 6 nitrogen and oxygen atoms in total. The number of carboxylic acids is 2. The summed E-state index contributed by atoms with van der Waals surface area (Å²) in [5, 5.41) is 20.0. The molecule has 6 heteroatoms. The highest BCUT2D eigenvalue weighted by Crippen LogP contribution is 2.39. The standard InChI is InChI=1S/C24H16O6/c25-23(26)15-12-20-19(21(13-15)29-17-7-3-1-4-8-17)11-16(24(27)28)14-22(20)30-18-9-5-2-6-10-18/h1-14H,(H,25,26)(H,27,28). The molecule has 0 aliphatic rings. The van der Waals surface area contributed by atoms with Gasteiger partial charge in [-0.05, 0) is 48.5 Å². The van der Waals surface area contributed by atoms with Crippen molar-refractivity contribution in [2.24, 2.45) is 0 Å². The Balaban J connectivity index is 1.95. The SMILES string of the molecule is O=C(O)c1cc(Oc2ccccc2)c2cc(C(=O)O)cc(Oc3ccccc3)c2c1. The smallest absolute Gasteiger partial charge is 0.335 e. The number of hydrogen-bond acceptors (Lipinski definition) is 4. The second kappa shape index (κ2) is 7.97. The fourth-order valence-corrected chi connectivity index (χ4v) is 3.04. The van der Waals surface area contributed by atoms with E-state index in [9.17, 15) is 19.8 Å². The van der Waals surface area contributed by atoms with E-state index in [1.54, 1.807) is 48.5 Å². The Morgan fingerprint density at radius 2 is 0.933 bits per heavy atom. The van der Waals surface area contributed by atoms with Gasteiger partial charge in [0.05, 0.1) is 11.1 Å². The van der Waals surface area contributed by atoms with Crippen LogP contribution in [0.3, 0.4) is 0 Å². The summed E-state index contributed by atoms with van der Waals surface area (Å²) in [5.74, 6) is -0.847. The van der Waals surface area contributed by atoms with Crippen molar-refractivity contribution in [2.75, 3.05) is 0 Å². The molecule has 30 heavy (non-hydrogen) atoms. The van der Waals surface area contributed by atoms with E-state index in [0.29, 0.717) is 22.3 Å². The summed E-state index contributed by atoms with van der Waals surface area (Å²) in [6, 6.07) is 23.3. The first-order chi connectivity index (χ1) is 14.5. The molecule has 0 atom stereocenters. The number of para-hydroxylation sites is 2. The molecule has 0 aliphatic heterocycles. The second-order valence-corrected chi connectivity index (χ2v) is 6.48. The number of ether oxygens (including phenoxy) is 2. The first-order valence-electron chi connectivity index (χ1n) is 9.05. The van der Waals surface area contributed by atoms with Crippen LogP contribution in [0.25, 0.3) is 10.8 Å².